The van der Waals surface area contributed by atoms with E-state index < -0.39 is 22.9 Å². The Balaban J connectivity index is 2.06. The standard InChI is InChI=1S/C18H17ClN2O6/c1-3-26-16-7-5-4-6-15(16)20-17(22)11(2)27-18(23)13-9-8-12(21(24)25)10-14(13)19/h4-11H,3H2,1-2H3,(H,20,22)/t11-/m0/s1. The molecule has 2 rings (SSSR count). The van der Waals surface area contributed by atoms with Crippen molar-refractivity contribution in [2.75, 3.05) is 11.9 Å². The van der Waals surface area contributed by atoms with E-state index in [2.05, 4.69) is 5.32 Å². The van der Waals surface area contributed by atoms with Crippen molar-refractivity contribution in [1.29, 1.82) is 0 Å². The van der Waals surface area contributed by atoms with Crippen molar-refractivity contribution in [2.45, 2.75) is 20.0 Å². The number of nitrogens with one attached hydrogen (secondary N) is 1. The number of hydrogen-bond donors (Lipinski definition) is 1. The highest BCUT2D eigenvalue weighted by Gasteiger charge is 2.22. The summed E-state index contributed by atoms with van der Waals surface area (Å²) in [5, 5.41) is 13.2. The van der Waals surface area contributed by atoms with Crippen LogP contribution in [0.15, 0.2) is 42.5 Å². The summed E-state index contributed by atoms with van der Waals surface area (Å²) in [6, 6.07) is 10.2. The zero-order valence-corrected chi connectivity index (χ0v) is 15.4. The number of anilines is 1. The van der Waals surface area contributed by atoms with Crippen LogP contribution in [0.25, 0.3) is 0 Å². The van der Waals surface area contributed by atoms with E-state index >= 15 is 0 Å². The Morgan fingerprint density at radius 3 is 2.59 bits per heavy atom. The van der Waals surface area contributed by atoms with Gasteiger partial charge in [-0.05, 0) is 32.0 Å². The van der Waals surface area contributed by atoms with Gasteiger partial charge in [0.2, 0.25) is 0 Å². The van der Waals surface area contributed by atoms with Gasteiger partial charge in [-0.25, -0.2) is 4.79 Å². The largest absolute Gasteiger partial charge is 0.492 e. The third kappa shape index (κ3) is 5.18. The number of amides is 1. The first-order valence-electron chi connectivity index (χ1n) is 8.01. The van der Waals surface area contributed by atoms with Crippen LogP contribution in [-0.4, -0.2) is 29.5 Å². The summed E-state index contributed by atoms with van der Waals surface area (Å²) in [6.07, 6.45) is -1.13. The molecule has 0 aliphatic carbocycles. The highest BCUT2D eigenvalue weighted by molar-refractivity contribution is 6.33. The van der Waals surface area contributed by atoms with Gasteiger partial charge in [0, 0.05) is 12.1 Å². The summed E-state index contributed by atoms with van der Waals surface area (Å²) in [4.78, 5) is 34.6. The summed E-state index contributed by atoms with van der Waals surface area (Å²) in [7, 11) is 0. The van der Waals surface area contributed by atoms with E-state index in [0.29, 0.717) is 18.0 Å². The van der Waals surface area contributed by atoms with Gasteiger partial charge in [-0.15, -0.1) is 0 Å². The highest BCUT2D eigenvalue weighted by Crippen LogP contribution is 2.25. The lowest BCUT2D eigenvalue weighted by Gasteiger charge is -2.16. The Morgan fingerprint density at radius 1 is 1.26 bits per heavy atom. The van der Waals surface area contributed by atoms with Crippen molar-refractivity contribution in [2.24, 2.45) is 0 Å². The summed E-state index contributed by atoms with van der Waals surface area (Å²) in [5.74, 6) is -0.936. The van der Waals surface area contributed by atoms with Crippen LogP contribution in [0.4, 0.5) is 11.4 Å². The normalized spacial score (nSPS) is 11.4. The third-order valence-electron chi connectivity index (χ3n) is 3.48. The molecule has 0 spiro atoms. The fraction of sp³-hybridized carbons (Fsp3) is 0.222. The predicted octanol–water partition coefficient (Wildman–Crippen LogP) is 3.83. The van der Waals surface area contributed by atoms with Crippen molar-refractivity contribution >= 4 is 34.9 Å². The van der Waals surface area contributed by atoms with E-state index in [9.17, 15) is 19.7 Å². The molecule has 2 aromatic rings. The number of nitro benzene ring substituents is 1. The Morgan fingerprint density at radius 2 is 1.96 bits per heavy atom. The third-order valence-corrected chi connectivity index (χ3v) is 3.79. The number of para-hydroxylation sites is 2. The quantitative estimate of drug-likeness (QED) is 0.436. The van der Waals surface area contributed by atoms with Crippen molar-refractivity contribution in [3.8, 4) is 5.75 Å². The lowest BCUT2D eigenvalue weighted by Crippen LogP contribution is -2.30. The molecule has 0 aliphatic heterocycles. The van der Waals surface area contributed by atoms with Gasteiger partial charge in [-0.2, -0.15) is 0 Å². The van der Waals surface area contributed by atoms with Crippen LogP contribution in [0.3, 0.4) is 0 Å². The SMILES string of the molecule is CCOc1ccccc1NC(=O)[C@H](C)OC(=O)c1ccc([N+](=O)[O-])cc1Cl. The number of hydrogen-bond acceptors (Lipinski definition) is 6. The number of ether oxygens (including phenoxy) is 2. The Labute approximate surface area is 160 Å². The molecule has 0 bridgehead atoms. The zero-order chi connectivity index (χ0) is 20.0. The first-order chi connectivity index (χ1) is 12.8. The molecule has 1 N–H and O–H groups in total. The summed E-state index contributed by atoms with van der Waals surface area (Å²) in [6.45, 7) is 3.64. The van der Waals surface area contributed by atoms with Gasteiger partial charge >= 0.3 is 5.97 Å². The van der Waals surface area contributed by atoms with Gasteiger partial charge < -0.3 is 14.8 Å². The summed E-state index contributed by atoms with van der Waals surface area (Å²) >= 11 is 5.89. The second-order valence-corrected chi connectivity index (χ2v) is 5.79. The molecule has 0 fully saturated rings. The smallest absolute Gasteiger partial charge is 0.340 e. The Bertz CT molecular complexity index is 871. The van der Waals surface area contributed by atoms with Gasteiger partial charge in [-0.3, -0.25) is 14.9 Å². The molecular weight excluding hydrogens is 376 g/mol. The molecule has 0 aliphatic rings. The fourth-order valence-corrected chi connectivity index (χ4v) is 2.40. The van der Waals surface area contributed by atoms with Crippen LogP contribution in [0.2, 0.25) is 5.02 Å². The Hall–Kier alpha value is -3.13. The van der Waals surface area contributed by atoms with E-state index in [0.717, 1.165) is 12.1 Å². The number of nitrogens with zero attached hydrogens (tertiary/aromatic N) is 1. The van der Waals surface area contributed by atoms with Gasteiger partial charge in [0.15, 0.2) is 6.10 Å². The van der Waals surface area contributed by atoms with E-state index in [4.69, 9.17) is 21.1 Å². The van der Waals surface area contributed by atoms with Crippen LogP contribution in [0.1, 0.15) is 24.2 Å². The summed E-state index contributed by atoms with van der Waals surface area (Å²) in [5.41, 5.74) is 0.118. The van der Waals surface area contributed by atoms with Gasteiger partial charge in [-0.1, -0.05) is 23.7 Å². The Kier molecular flexibility index (Phi) is 6.73. The molecule has 8 nitrogen and oxygen atoms in total. The second-order valence-electron chi connectivity index (χ2n) is 5.39. The number of halogens is 1. The van der Waals surface area contributed by atoms with Crippen LogP contribution in [0.5, 0.6) is 5.75 Å². The first-order valence-corrected chi connectivity index (χ1v) is 8.39. The molecule has 142 valence electrons. The number of esters is 1. The van der Waals surface area contributed by atoms with Crippen LogP contribution in [-0.2, 0) is 9.53 Å². The monoisotopic (exact) mass is 392 g/mol. The predicted molar refractivity (Wildman–Crippen MR) is 99.2 cm³/mol. The maximum Gasteiger partial charge on any atom is 0.340 e. The molecule has 27 heavy (non-hydrogen) atoms. The second kappa shape index (κ2) is 9.00. The fourth-order valence-electron chi connectivity index (χ4n) is 2.15. The van der Waals surface area contributed by atoms with E-state index in [1.165, 1.54) is 13.0 Å². The van der Waals surface area contributed by atoms with Crippen LogP contribution < -0.4 is 10.1 Å². The number of carbonyl (C=O) groups is 2. The zero-order valence-electron chi connectivity index (χ0n) is 14.6. The number of rotatable bonds is 7. The van der Waals surface area contributed by atoms with Crippen molar-refractivity contribution < 1.29 is 24.0 Å². The molecular formula is C18H17ClN2O6. The van der Waals surface area contributed by atoms with Gasteiger partial charge in [0.05, 0.1) is 27.8 Å². The molecule has 9 heteroatoms. The molecule has 2 aromatic carbocycles. The molecule has 0 heterocycles. The van der Waals surface area contributed by atoms with E-state index in [1.807, 2.05) is 6.92 Å². The molecule has 1 atom stereocenters. The average molecular weight is 393 g/mol. The molecule has 0 saturated heterocycles. The maximum atomic E-state index is 12.3. The van der Waals surface area contributed by atoms with Crippen LogP contribution >= 0.6 is 11.6 Å². The summed E-state index contributed by atoms with van der Waals surface area (Å²) < 4.78 is 10.5. The minimum absolute atomic E-state index is 0.0726. The molecule has 0 aromatic heterocycles. The minimum Gasteiger partial charge on any atom is -0.492 e. The molecule has 0 radical (unpaired) electrons. The topological polar surface area (TPSA) is 108 Å². The van der Waals surface area contributed by atoms with Crippen molar-refractivity contribution in [3.05, 3.63) is 63.2 Å². The van der Waals surface area contributed by atoms with Crippen molar-refractivity contribution in [3.63, 3.8) is 0 Å². The molecule has 1 amide bonds. The van der Waals surface area contributed by atoms with Gasteiger partial charge in [0.25, 0.3) is 11.6 Å². The van der Waals surface area contributed by atoms with Crippen LogP contribution in [0, 0.1) is 10.1 Å². The highest BCUT2D eigenvalue weighted by atomic mass is 35.5. The molecule has 0 saturated carbocycles. The number of nitro groups is 1. The average Bonchev–Trinajstić information content (AvgIpc) is 2.63. The lowest BCUT2D eigenvalue weighted by molar-refractivity contribution is -0.384. The molecule has 0 unspecified atom stereocenters. The van der Waals surface area contributed by atoms with Crippen molar-refractivity contribution in [1.82, 2.24) is 0 Å². The minimum atomic E-state index is -1.13. The number of benzene rings is 2. The lowest BCUT2D eigenvalue weighted by atomic mass is 10.2. The maximum absolute atomic E-state index is 12.3. The van der Waals surface area contributed by atoms with E-state index in [-0.39, 0.29) is 16.3 Å². The number of carbonyl (C=O) groups excluding carboxylic acids is 2. The number of non-ortho nitro benzene ring substituents is 1. The van der Waals surface area contributed by atoms with Gasteiger partial charge in [0.1, 0.15) is 5.75 Å². The first kappa shape index (κ1) is 20.2. The van der Waals surface area contributed by atoms with E-state index in [1.54, 1.807) is 24.3 Å².